The minimum absolute atomic E-state index is 0.0353. The van der Waals surface area contributed by atoms with E-state index in [4.69, 9.17) is 0 Å². The summed E-state index contributed by atoms with van der Waals surface area (Å²) in [4.78, 5) is 11.6. The number of aromatic hydroxyl groups is 1. The fourth-order valence-corrected chi connectivity index (χ4v) is 8.72. The van der Waals surface area contributed by atoms with Gasteiger partial charge in [-0.3, -0.25) is 4.79 Å². The molecule has 0 spiro atoms. The van der Waals surface area contributed by atoms with Crippen molar-refractivity contribution in [2.24, 2.45) is 5.92 Å². The summed E-state index contributed by atoms with van der Waals surface area (Å²) in [6.45, 7) is 6.14. The van der Waals surface area contributed by atoms with Crippen LogP contribution in [0.1, 0.15) is 125 Å². The van der Waals surface area contributed by atoms with E-state index in [0.29, 0.717) is 57.1 Å². The van der Waals surface area contributed by atoms with Gasteiger partial charge in [0, 0.05) is 37.6 Å². The van der Waals surface area contributed by atoms with Gasteiger partial charge in [0.05, 0.1) is 30.3 Å². The predicted octanol–water partition coefficient (Wildman–Crippen LogP) is 5.63. The molecule has 2 aliphatic rings. The van der Waals surface area contributed by atoms with E-state index < -0.39 is 36.3 Å². The van der Waals surface area contributed by atoms with Gasteiger partial charge in [-0.15, -0.1) is 0 Å². The number of phenols is 1. The molecular weight excluding hydrogens is 721 g/mol. The summed E-state index contributed by atoms with van der Waals surface area (Å²) in [7, 11) is 0. The van der Waals surface area contributed by atoms with Crippen LogP contribution in [0.25, 0.3) is 0 Å². The molecule has 314 valence electrons. The summed E-state index contributed by atoms with van der Waals surface area (Å²) < 4.78 is 0. The number of aliphatic hydroxyl groups is 5. The van der Waals surface area contributed by atoms with Gasteiger partial charge >= 0.3 is 5.97 Å². The van der Waals surface area contributed by atoms with E-state index in [0.717, 1.165) is 47.1 Å². The normalized spacial score (nSPS) is 25.6. The molecule has 2 aromatic carbocycles. The zero-order valence-electron chi connectivity index (χ0n) is 34.3. The van der Waals surface area contributed by atoms with Crippen molar-refractivity contribution in [3.8, 4) is 17.6 Å². The number of β-amino-alcohol motifs (C(OH)–C–C–N with tert-alkyl or cyclic N) is 1. The summed E-state index contributed by atoms with van der Waals surface area (Å²) in [5.74, 6) is 5.37. The lowest BCUT2D eigenvalue weighted by Gasteiger charge is -2.40. The molecule has 0 radical (unpaired) electrons. The molecule has 8 atom stereocenters. The van der Waals surface area contributed by atoms with Gasteiger partial charge in [-0.2, -0.15) is 0 Å². The molecule has 10 heteroatoms. The Morgan fingerprint density at radius 1 is 1.04 bits per heavy atom. The lowest BCUT2D eigenvalue weighted by Crippen LogP contribution is -2.50. The van der Waals surface area contributed by atoms with Crippen LogP contribution in [0.2, 0.25) is 0 Å². The molecule has 4 rings (SSSR count). The molecule has 0 aromatic heterocycles. The van der Waals surface area contributed by atoms with Gasteiger partial charge in [0.25, 0.3) is 0 Å². The Morgan fingerprint density at radius 3 is 2.54 bits per heavy atom. The van der Waals surface area contributed by atoms with E-state index in [-0.39, 0.29) is 62.1 Å². The Kier molecular flexibility index (Phi) is 18.8. The molecule has 1 heterocycles. The first-order chi connectivity index (χ1) is 27.4. The molecule has 2 aromatic rings. The number of aryl methyl sites for hydroxylation is 1. The molecule has 0 unspecified atom stereocenters. The molecule has 0 saturated heterocycles. The fraction of sp³-hybridized carbons (Fsp3) is 0.596. The van der Waals surface area contributed by atoms with Crippen molar-refractivity contribution in [2.75, 3.05) is 26.3 Å². The molecule has 1 aliphatic carbocycles. The van der Waals surface area contributed by atoms with Crippen LogP contribution in [0.3, 0.4) is 0 Å². The maximum absolute atomic E-state index is 12.5. The van der Waals surface area contributed by atoms with Crippen molar-refractivity contribution in [2.45, 2.75) is 146 Å². The number of carboxylic acids is 1. The average Bonchev–Trinajstić information content (AvgIpc) is 3.18. The van der Waals surface area contributed by atoms with E-state index in [9.17, 15) is 40.5 Å². The molecule has 0 amide bonds. The van der Waals surface area contributed by atoms with Gasteiger partial charge in [-0.1, -0.05) is 87.4 Å². The lowest BCUT2D eigenvalue weighted by molar-refractivity contribution is -0.137. The van der Waals surface area contributed by atoms with Gasteiger partial charge in [0.2, 0.25) is 0 Å². The number of phenolic OH excluding ortho intramolecular Hbond substituents is 1. The van der Waals surface area contributed by atoms with Crippen molar-refractivity contribution in [3.63, 3.8) is 0 Å². The van der Waals surface area contributed by atoms with Crippen LogP contribution < -0.4 is 10.6 Å². The Morgan fingerprint density at radius 2 is 1.82 bits per heavy atom. The maximum atomic E-state index is 12.5. The number of carbonyl (C=O) groups is 1. The Balaban J connectivity index is 1.97. The van der Waals surface area contributed by atoms with Crippen LogP contribution in [0.4, 0.5) is 0 Å². The molecule has 57 heavy (non-hydrogen) atoms. The third-order valence-corrected chi connectivity index (χ3v) is 11.8. The number of rotatable bonds is 20. The number of fused-ring (bicyclic) bond motifs is 5. The predicted molar refractivity (Wildman–Crippen MR) is 225 cm³/mol. The first-order valence-electron chi connectivity index (χ1n) is 21.2. The number of unbranched alkanes of at least 4 members (excludes halogenated alkanes) is 2. The van der Waals surface area contributed by atoms with Gasteiger partial charge < -0.3 is 46.4 Å². The van der Waals surface area contributed by atoms with Crippen LogP contribution in [-0.2, 0) is 17.6 Å². The first kappa shape index (κ1) is 46.2. The Hall–Kier alpha value is -3.53. The van der Waals surface area contributed by atoms with Crippen LogP contribution in [-0.4, -0.2) is 97.9 Å². The highest BCUT2D eigenvalue weighted by Crippen LogP contribution is 2.40. The van der Waals surface area contributed by atoms with Crippen LogP contribution in [0.5, 0.6) is 5.75 Å². The summed E-state index contributed by atoms with van der Waals surface area (Å²) in [6.07, 6.45) is 10.1. The number of hydrogen-bond acceptors (Lipinski definition) is 9. The van der Waals surface area contributed by atoms with Crippen molar-refractivity contribution < 1.29 is 40.5 Å². The summed E-state index contributed by atoms with van der Waals surface area (Å²) in [6, 6.07) is 12.9. The standard InChI is InChI=1S/C47H68N2O8/c1-4-6-7-11-38(52)20-16-33-14-13-32-10-8-9-12-41(32)34-17-23-44(42-22-21-39(53)28-35(42)25-26-50)47(3,57)31-49-46(43(33)29-40(54)30-51)36(27-34)15-18-37(48-5-2)19-24-45(55)56/h8-10,12,16,20-22,28,34,36-38,40,44,46,48-54,57H,4-7,11,13-15,18-19,24-27,29-31H2,1-3H3,(H,55,56)/b20-16+,43-33+/t34-,36+,37-,38+,40+,44+,46+,47-/m1/s1. The highest BCUT2D eigenvalue weighted by atomic mass is 16.4. The molecule has 1 aliphatic heterocycles. The number of benzene rings is 2. The minimum Gasteiger partial charge on any atom is -0.508 e. The third kappa shape index (κ3) is 13.8. The van der Waals surface area contributed by atoms with E-state index >= 15 is 0 Å². The van der Waals surface area contributed by atoms with Crippen molar-refractivity contribution in [3.05, 3.63) is 88.0 Å². The smallest absolute Gasteiger partial charge is 0.303 e. The molecule has 0 fully saturated rings. The van der Waals surface area contributed by atoms with Crippen LogP contribution in [0.15, 0.2) is 65.8 Å². The number of nitrogens with one attached hydrogen (secondary N) is 2. The molecule has 0 saturated carbocycles. The molecule has 2 bridgehead atoms. The minimum atomic E-state index is -1.44. The zero-order chi connectivity index (χ0) is 41.4. The van der Waals surface area contributed by atoms with Crippen molar-refractivity contribution in [1.29, 1.82) is 0 Å². The van der Waals surface area contributed by atoms with E-state index in [1.54, 1.807) is 25.1 Å². The van der Waals surface area contributed by atoms with E-state index in [2.05, 4.69) is 41.5 Å². The van der Waals surface area contributed by atoms with E-state index in [1.165, 1.54) is 0 Å². The summed E-state index contributed by atoms with van der Waals surface area (Å²) >= 11 is 0. The molecule has 10 nitrogen and oxygen atoms in total. The van der Waals surface area contributed by atoms with Gasteiger partial charge in [-0.25, -0.2) is 0 Å². The topological polar surface area (TPSA) is 183 Å². The zero-order valence-corrected chi connectivity index (χ0v) is 34.3. The second kappa shape index (κ2) is 23.2. The summed E-state index contributed by atoms with van der Waals surface area (Å²) in [5.41, 5.74) is 4.10. The van der Waals surface area contributed by atoms with Crippen LogP contribution in [0, 0.1) is 17.8 Å². The Bertz CT molecular complexity index is 1690. The second-order valence-electron chi connectivity index (χ2n) is 16.3. The van der Waals surface area contributed by atoms with Gasteiger partial charge in [0.1, 0.15) is 5.75 Å². The highest BCUT2D eigenvalue weighted by molar-refractivity contribution is 5.66. The number of carboxylic acid groups (broad SMARTS) is 1. The maximum Gasteiger partial charge on any atom is 0.303 e. The average molecular weight is 789 g/mol. The summed E-state index contributed by atoms with van der Waals surface area (Å²) in [5, 5.41) is 82.2. The quantitative estimate of drug-likeness (QED) is 0.0602. The van der Waals surface area contributed by atoms with Crippen LogP contribution >= 0.6 is 0 Å². The third-order valence-electron chi connectivity index (χ3n) is 11.8. The van der Waals surface area contributed by atoms with Crippen molar-refractivity contribution in [1.82, 2.24) is 10.6 Å². The number of allylic oxidation sites excluding steroid dienone is 2. The van der Waals surface area contributed by atoms with Gasteiger partial charge in [0.15, 0.2) is 0 Å². The Labute approximate surface area is 340 Å². The fourth-order valence-electron chi connectivity index (χ4n) is 8.72. The first-order valence-corrected chi connectivity index (χ1v) is 21.2. The molecule has 9 N–H and O–H groups in total. The second-order valence-corrected chi connectivity index (χ2v) is 16.3. The SMILES string of the molecule is CCCCC[C@H](O)/C=C/C1=C(\C[C@H](O)CO)[C@H]2NC[C@@](C)(O)[C@H](c3ccc(O)cc3CCO)C#C[C@H](C[C@@H]2CC[C@H](CCC(=O)O)NCC)c2ccccc2CC1. The number of hydrogen-bond donors (Lipinski definition) is 9. The largest absolute Gasteiger partial charge is 0.508 e. The van der Waals surface area contributed by atoms with Gasteiger partial charge in [-0.05, 0) is 123 Å². The lowest BCUT2D eigenvalue weighted by atomic mass is 9.73. The number of aliphatic hydroxyl groups excluding tert-OH is 4. The molecular formula is C47H68N2O8. The van der Waals surface area contributed by atoms with E-state index in [1.807, 2.05) is 31.2 Å². The highest BCUT2D eigenvalue weighted by Gasteiger charge is 2.39. The number of aliphatic carboxylic acids is 1. The van der Waals surface area contributed by atoms with Crippen molar-refractivity contribution >= 4 is 5.97 Å². The monoisotopic (exact) mass is 788 g/mol.